The topological polar surface area (TPSA) is 45.6 Å². The van der Waals surface area contributed by atoms with E-state index >= 15 is 0 Å². The molecule has 0 N–H and O–H groups in total. The Bertz CT molecular complexity index is 857. The van der Waals surface area contributed by atoms with Crippen molar-refractivity contribution in [3.8, 4) is 0 Å². The Hall–Kier alpha value is -2.14. The minimum absolute atomic E-state index is 0.0298. The van der Waals surface area contributed by atoms with E-state index in [1.807, 2.05) is 49.2 Å². The van der Waals surface area contributed by atoms with Crippen molar-refractivity contribution < 1.29 is 4.79 Å². The van der Waals surface area contributed by atoms with Gasteiger partial charge in [0, 0.05) is 38.3 Å². The highest BCUT2D eigenvalue weighted by Crippen LogP contribution is 2.26. The van der Waals surface area contributed by atoms with Crippen LogP contribution in [0.2, 0.25) is 0 Å². The molecule has 126 valence electrons. The van der Waals surface area contributed by atoms with Crippen molar-refractivity contribution in [3.05, 3.63) is 46.2 Å². The second-order valence-electron chi connectivity index (χ2n) is 7.03. The highest BCUT2D eigenvalue weighted by atomic mass is 16.2. The van der Waals surface area contributed by atoms with Crippen LogP contribution in [0.5, 0.6) is 0 Å². The van der Waals surface area contributed by atoms with Gasteiger partial charge in [0.1, 0.15) is 0 Å². The number of para-hydroxylation sites is 1. The van der Waals surface area contributed by atoms with Gasteiger partial charge in [-0.15, -0.1) is 0 Å². The molecule has 0 aliphatic carbocycles. The SMILES string of the molecule is C[C@@H]1C(=O)N2CCC[C@H]2CN1Cc1cc2ccccc2n(C)c1=O. The van der Waals surface area contributed by atoms with Gasteiger partial charge in [0.2, 0.25) is 5.91 Å². The number of carbonyl (C=O) groups excluding carboxylic acids is 1. The fourth-order valence-electron chi connectivity index (χ4n) is 4.16. The largest absolute Gasteiger partial charge is 0.337 e. The Balaban J connectivity index is 1.68. The van der Waals surface area contributed by atoms with Crippen LogP contribution in [0.25, 0.3) is 10.9 Å². The van der Waals surface area contributed by atoms with E-state index in [9.17, 15) is 9.59 Å². The third-order valence-electron chi connectivity index (χ3n) is 5.59. The van der Waals surface area contributed by atoms with E-state index < -0.39 is 0 Å². The fraction of sp³-hybridized carbons (Fsp3) is 0.474. The van der Waals surface area contributed by atoms with E-state index in [4.69, 9.17) is 0 Å². The molecule has 2 fully saturated rings. The van der Waals surface area contributed by atoms with Crippen LogP contribution in [0.1, 0.15) is 25.3 Å². The molecule has 3 heterocycles. The predicted octanol–water partition coefficient (Wildman–Crippen LogP) is 1.73. The van der Waals surface area contributed by atoms with Crippen molar-refractivity contribution in [2.75, 3.05) is 13.1 Å². The van der Waals surface area contributed by atoms with E-state index in [0.29, 0.717) is 12.6 Å². The normalized spacial score (nSPS) is 24.6. The molecule has 2 saturated heterocycles. The summed E-state index contributed by atoms with van der Waals surface area (Å²) in [6, 6.07) is 10.1. The van der Waals surface area contributed by atoms with Crippen molar-refractivity contribution in [3.63, 3.8) is 0 Å². The Morgan fingerprint density at radius 1 is 1.21 bits per heavy atom. The fourth-order valence-corrected chi connectivity index (χ4v) is 4.16. The number of carbonyl (C=O) groups is 1. The van der Waals surface area contributed by atoms with E-state index in [-0.39, 0.29) is 17.5 Å². The van der Waals surface area contributed by atoms with Crippen molar-refractivity contribution in [2.45, 2.75) is 38.4 Å². The van der Waals surface area contributed by atoms with Gasteiger partial charge in [-0.1, -0.05) is 18.2 Å². The van der Waals surface area contributed by atoms with Crippen LogP contribution in [0.3, 0.4) is 0 Å². The predicted molar refractivity (Wildman–Crippen MR) is 93.8 cm³/mol. The maximum atomic E-state index is 12.7. The van der Waals surface area contributed by atoms with E-state index in [1.165, 1.54) is 0 Å². The molecule has 4 rings (SSSR count). The molecule has 0 bridgehead atoms. The molecule has 0 unspecified atom stereocenters. The summed E-state index contributed by atoms with van der Waals surface area (Å²) >= 11 is 0. The van der Waals surface area contributed by atoms with Crippen LogP contribution in [0.15, 0.2) is 35.1 Å². The molecular formula is C19H23N3O2. The van der Waals surface area contributed by atoms with Gasteiger partial charge in [-0.25, -0.2) is 0 Å². The monoisotopic (exact) mass is 325 g/mol. The van der Waals surface area contributed by atoms with Gasteiger partial charge in [-0.05, 0) is 37.3 Å². The quantitative estimate of drug-likeness (QED) is 0.845. The highest BCUT2D eigenvalue weighted by molar-refractivity contribution is 5.83. The zero-order valence-electron chi connectivity index (χ0n) is 14.2. The lowest BCUT2D eigenvalue weighted by molar-refractivity contribution is -0.143. The van der Waals surface area contributed by atoms with Gasteiger partial charge in [0.15, 0.2) is 0 Å². The molecular weight excluding hydrogens is 302 g/mol. The van der Waals surface area contributed by atoms with Crippen LogP contribution in [-0.4, -0.2) is 45.4 Å². The number of aromatic nitrogens is 1. The molecule has 24 heavy (non-hydrogen) atoms. The van der Waals surface area contributed by atoms with Crippen molar-refractivity contribution in [1.29, 1.82) is 0 Å². The second kappa shape index (κ2) is 5.74. The molecule has 2 aliphatic rings. The molecule has 1 amide bonds. The van der Waals surface area contributed by atoms with Gasteiger partial charge >= 0.3 is 0 Å². The van der Waals surface area contributed by atoms with Crippen molar-refractivity contribution in [1.82, 2.24) is 14.4 Å². The number of aryl methyl sites for hydroxylation is 1. The first-order valence-electron chi connectivity index (χ1n) is 8.68. The summed E-state index contributed by atoms with van der Waals surface area (Å²) in [5.41, 5.74) is 1.74. The van der Waals surface area contributed by atoms with Crippen molar-refractivity contribution >= 4 is 16.8 Å². The summed E-state index contributed by atoms with van der Waals surface area (Å²) in [7, 11) is 1.82. The highest BCUT2D eigenvalue weighted by Gasteiger charge is 2.40. The third kappa shape index (κ3) is 2.35. The molecule has 0 spiro atoms. The number of nitrogens with zero attached hydrogens (tertiary/aromatic N) is 3. The maximum absolute atomic E-state index is 12.7. The van der Waals surface area contributed by atoms with Gasteiger partial charge in [-0.2, -0.15) is 0 Å². The summed E-state index contributed by atoms with van der Waals surface area (Å²) in [5.74, 6) is 0.210. The average molecular weight is 325 g/mol. The number of amides is 1. The minimum atomic E-state index is -0.157. The van der Waals surface area contributed by atoms with E-state index in [1.54, 1.807) is 4.57 Å². The lowest BCUT2D eigenvalue weighted by Crippen LogP contribution is -2.58. The number of benzene rings is 1. The summed E-state index contributed by atoms with van der Waals surface area (Å²) in [6.45, 7) is 4.25. The molecule has 0 saturated carbocycles. The number of rotatable bonds is 2. The standard InChI is InChI=1S/C19H23N3O2/c1-13-18(23)22-9-5-7-16(22)12-21(13)11-15-10-14-6-3-4-8-17(14)20(2)19(15)24/h3-4,6,8,10,13,16H,5,7,9,11-12H2,1-2H3/t13-,16+/m1/s1. The third-order valence-corrected chi connectivity index (χ3v) is 5.59. The van der Waals surface area contributed by atoms with Crippen LogP contribution < -0.4 is 5.56 Å². The number of pyridine rings is 1. The Kier molecular flexibility index (Phi) is 3.68. The molecule has 1 aromatic carbocycles. The lowest BCUT2D eigenvalue weighted by atomic mass is 10.1. The molecule has 2 aromatic rings. The first-order chi connectivity index (χ1) is 11.6. The van der Waals surface area contributed by atoms with Crippen molar-refractivity contribution in [2.24, 2.45) is 7.05 Å². The molecule has 1 aromatic heterocycles. The lowest BCUT2D eigenvalue weighted by Gasteiger charge is -2.41. The molecule has 0 radical (unpaired) electrons. The summed E-state index contributed by atoms with van der Waals surface area (Å²) in [6.07, 6.45) is 2.17. The molecule has 2 atom stereocenters. The van der Waals surface area contributed by atoms with E-state index in [0.717, 1.165) is 42.4 Å². The summed E-state index contributed by atoms with van der Waals surface area (Å²) in [4.78, 5) is 29.5. The smallest absolute Gasteiger partial charge is 0.255 e. The van der Waals surface area contributed by atoms with Gasteiger partial charge in [-0.3, -0.25) is 14.5 Å². The Morgan fingerprint density at radius 3 is 2.83 bits per heavy atom. The van der Waals surface area contributed by atoms with Crippen LogP contribution in [0.4, 0.5) is 0 Å². The number of hydrogen-bond donors (Lipinski definition) is 0. The van der Waals surface area contributed by atoms with Crippen LogP contribution in [-0.2, 0) is 18.4 Å². The van der Waals surface area contributed by atoms with E-state index in [2.05, 4.69) is 4.90 Å². The van der Waals surface area contributed by atoms with Crippen LogP contribution in [0, 0.1) is 0 Å². The summed E-state index contributed by atoms with van der Waals surface area (Å²) in [5, 5.41) is 1.06. The summed E-state index contributed by atoms with van der Waals surface area (Å²) < 4.78 is 1.71. The average Bonchev–Trinajstić information content (AvgIpc) is 3.05. The zero-order valence-corrected chi connectivity index (χ0v) is 14.2. The molecule has 5 heteroatoms. The first-order valence-corrected chi connectivity index (χ1v) is 8.68. The van der Waals surface area contributed by atoms with Gasteiger partial charge in [0.25, 0.3) is 5.56 Å². The molecule has 2 aliphatic heterocycles. The Morgan fingerprint density at radius 2 is 2.00 bits per heavy atom. The van der Waals surface area contributed by atoms with Gasteiger partial charge < -0.3 is 9.47 Å². The zero-order chi connectivity index (χ0) is 16.8. The maximum Gasteiger partial charge on any atom is 0.255 e. The number of hydrogen-bond acceptors (Lipinski definition) is 3. The van der Waals surface area contributed by atoms with Crippen LogP contribution >= 0.6 is 0 Å². The number of fused-ring (bicyclic) bond motifs is 2. The minimum Gasteiger partial charge on any atom is -0.337 e. The first kappa shape index (κ1) is 15.4. The number of piperazine rings is 1. The molecule has 5 nitrogen and oxygen atoms in total. The Labute approximate surface area is 141 Å². The second-order valence-corrected chi connectivity index (χ2v) is 7.03. The van der Waals surface area contributed by atoms with Gasteiger partial charge in [0.05, 0.1) is 11.6 Å².